The van der Waals surface area contributed by atoms with Crippen molar-refractivity contribution < 1.29 is 19.2 Å². The molecule has 0 saturated heterocycles. The van der Waals surface area contributed by atoms with Crippen molar-refractivity contribution in [2.24, 2.45) is 0 Å². The molecule has 0 fully saturated rings. The van der Waals surface area contributed by atoms with E-state index >= 15 is 0 Å². The number of thiophene rings is 1. The van der Waals surface area contributed by atoms with E-state index in [1.807, 2.05) is 13.0 Å². The van der Waals surface area contributed by atoms with Gasteiger partial charge in [0.15, 0.2) is 6.61 Å². The van der Waals surface area contributed by atoms with Gasteiger partial charge in [0.2, 0.25) is 5.78 Å². The van der Waals surface area contributed by atoms with Crippen LogP contribution in [0.3, 0.4) is 0 Å². The van der Waals surface area contributed by atoms with Crippen LogP contribution < -0.4 is 0 Å². The summed E-state index contributed by atoms with van der Waals surface area (Å²) in [6.45, 7) is 3.19. The van der Waals surface area contributed by atoms with E-state index in [1.165, 1.54) is 36.5 Å². The van der Waals surface area contributed by atoms with Crippen LogP contribution in [0.5, 0.6) is 0 Å². The van der Waals surface area contributed by atoms with Crippen molar-refractivity contribution in [3.05, 3.63) is 61.3 Å². The summed E-state index contributed by atoms with van der Waals surface area (Å²) in [4.78, 5) is 35.8. The summed E-state index contributed by atoms with van der Waals surface area (Å²) in [6.07, 6.45) is 0.847. The molecule has 0 bridgehead atoms. The van der Waals surface area contributed by atoms with Gasteiger partial charge in [-0.2, -0.15) is 0 Å². The first-order chi connectivity index (χ1) is 10.9. The van der Waals surface area contributed by atoms with Crippen LogP contribution in [0.2, 0.25) is 0 Å². The predicted octanol–water partition coefficient (Wildman–Crippen LogP) is 3.57. The number of Topliss-reactive ketones (excluding diaryl/α,β-unsaturated/α-hetero) is 1. The average molecular weight is 333 g/mol. The smallest absolute Gasteiger partial charge is 0.338 e. The number of hydrogen-bond donors (Lipinski definition) is 0. The van der Waals surface area contributed by atoms with Gasteiger partial charge in [0, 0.05) is 16.5 Å². The Kier molecular flexibility index (Phi) is 5.23. The number of benzene rings is 1. The highest BCUT2D eigenvalue weighted by molar-refractivity contribution is 7.14. The fraction of sp³-hybridized carbons (Fsp3) is 0.250. The molecule has 120 valence electrons. The number of aryl methyl sites for hydroxylation is 2. The molecule has 0 spiro atoms. The fourth-order valence-electron chi connectivity index (χ4n) is 1.99. The van der Waals surface area contributed by atoms with Crippen LogP contribution in [0.15, 0.2) is 30.3 Å². The van der Waals surface area contributed by atoms with E-state index < -0.39 is 10.9 Å². The minimum atomic E-state index is -0.677. The number of nitro groups is 1. The van der Waals surface area contributed by atoms with Crippen LogP contribution in [0, 0.1) is 17.0 Å². The van der Waals surface area contributed by atoms with Crippen LogP contribution in [0.1, 0.15) is 37.4 Å². The second-order valence-electron chi connectivity index (χ2n) is 4.88. The first-order valence-corrected chi connectivity index (χ1v) is 7.78. The van der Waals surface area contributed by atoms with E-state index in [0.29, 0.717) is 10.4 Å². The first kappa shape index (κ1) is 16.8. The Balaban J connectivity index is 2.00. The maximum Gasteiger partial charge on any atom is 0.338 e. The number of esters is 1. The zero-order chi connectivity index (χ0) is 17.0. The number of hydrogen-bond acceptors (Lipinski definition) is 6. The van der Waals surface area contributed by atoms with Crippen molar-refractivity contribution >= 4 is 28.8 Å². The summed E-state index contributed by atoms with van der Waals surface area (Å²) in [5, 5.41) is 10.7. The molecule has 0 aliphatic heterocycles. The number of ether oxygens (including phenoxy) is 1. The van der Waals surface area contributed by atoms with Gasteiger partial charge in [-0.15, -0.1) is 11.3 Å². The molecule has 23 heavy (non-hydrogen) atoms. The molecule has 1 aromatic heterocycles. The topological polar surface area (TPSA) is 86.5 Å². The van der Waals surface area contributed by atoms with Gasteiger partial charge in [0.1, 0.15) is 0 Å². The van der Waals surface area contributed by atoms with Gasteiger partial charge in [-0.3, -0.25) is 14.9 Å². The van der Waals surface area contributed by atoms with Crippen molar-refractivity contribution in [3.63, 3.8) is 0 Å². The van der Waals surface area contributed by atoms with Crippen LogP contribution in [-0.4, -0.2) is 23.3 Å². The van der Waals surface area contributed by atoms with Gasteiger partial charge in [0.25, 0.3) is 5.69 Å². The number of nitrogens with zero attached hydrogens (tertiary/aromatic N) is 1. The summed E-state index contributed by atoms with van der Waals surface area (Å²) in [5.41, 5.74) is 0.478. The molecular formula is C16H15NO5S. The Morgan fingerprint density at radius 2 is 2.00 bits per heavy atom. The van der Waals surface area contributed by atoms with Gasteiger partial charge in [-0.25, -0.2) is 4.79 Å². The lowest BCUT2D eigenvalue weighted by molar-refractivity contribution is -0.385. The Labute approximate surface area is 136 Å². The summed E-state index contributed by atoms with van der Waals surface area (Å²) in [5.74, 6) is -0.940. The predicted molar refractivity (Wildman–Crippen MR) is 86.1 cm³/mol. The Morgan fingerprint density at radius 3 is 2.57 bits per heavy atom. The fourth-order valence-corrected chi connectivity index (χ4v) is 2.86. The van der Waals surface area contributed by atoms with Gasteiger partial charge in [-0.1, -0.05) is 6.92 Å². The standard InChI is InChI=1S/C16H15NO5S/c1-3-12-5-7-15(23-12)14(18)9-22-16(19)11-4-6-13(17(20)21)10(2)8-11/h4-8H,3,9H2,1-2H3. The van der Waals surface area contributed by atoms with Gasteiger partial charge in [-0.05, 0) is 37.6 Å². The molecule has 0 N–H and O–H groups in total. The van der Waals surface area contributed by atoms with E-state index in [4.69, 9.17) is 4.74 Å². The normalized spacial score (nSPS) is 10.3. The lowest BCUT2D eigenvalue weighted by Gasteiger charge is -2.04. The van der Waals surface area contributed by atoms with Crippen LogP contribution in [-0.2, 0) is 11.2 Å². The zero-order valence-corrected chi connectivity index (χ0v) is 13.5. The quantitative estimate of drug-likeness (QED) is 0.349. The number of carbonyl (C=O) groups excluding carboxylic acids is 2. The van der Waals surface area contributed by atoms with E-state index in [1.54, 1.807) is 6.07 Å². The Hall–Kier alpha value is -2.54. The highest BCUT2D eigenvalue weighted by Crippen LogP contribution is 2.20. The Bertz CT molecular complexity index is 766. The van der Waals surface area contributed by atoms with E-state index in [0.717, 1.165) is 11.3 Å². The highest BCUT2D eigenvalue weighted by atomic mass is 32.1. The van der Waals surface area contributed by atoms with E-state index in [2.05, 4.69) is 0 Å². The molecule has 0 aliphatic carbocycles. The molecular weight excluding hydrogens is 318 g/mol. The minimum Gasteiger partial charge on any atom is -0.454 e. The summed E-state index contributed by atoms with van der Waals surface area (Å²) >= 11 is 1.38. The number of nitro benzene ring substituents is 1. The number of ketones is 1. The van der Waals surface area contributed by atoms with Crippen LogP contribution in [0.4, 0.5) is 5.69 Å². The number of rotatable bonds is 6. The molecule has 1 heterocycles. The third-order valence-corrected chi connectivity index (χ3v) is 4.52. The molecule has 2 rings (SSSR count). The molecule has 0 amide bonds. The molecule has 0 aliphatic rings. The maximum atomic E-state index is 12.0. The summed E-state index contributed by atoms with van der Waals surface area (Å²) in [6, 6.07) is 7.54. The third-order valence-electron chi connectivity index (χ3n) is 3.25. The van der Waals surface area contributed by atoms with Gasteiger partial charge >= 0.3 is 5.97 Å². The molecule has 7 heteroatoms. The van der Waals surface area contributed by atoms with Crippen LogP contribution >= 0.6 is 11.3 Å². The largest absolute Gasteiger partial charge is 0.454 e. The van der Waals surface area contributed by atoms with E-state index in [-0.39, 0.29) is 23.6 Å². The van der Waals surface area contributed by atoms with Crippen molar-refractivity contribution in [2.75, 3.05) is 6.61 Å². The van der Waals surface area contributed by atoms with Crippen molar-refractivity contribution in [2.45, 2.75) is 20.3 Å². The van der Waals surface area contributed by atoms with Gasteiger partial charge in [0.05, 0.1) is 15.4 Å². The monoisotopic (exact) mass is 333 g/mol. The molecule has 0 radical (unpaired) electrons. The molecule has 6 nitrogen and oxygen atoms in total. The van der Waals surface area contributed by atoms with Gasteiger partial charge < -0.3 is 4.74 Å². The molecule has 0 unspecified atom stereocenters. The molecule has 2 aromatic rings. The highest BCUT2D eigenvalue weighted by Gasteiger charge is 2.16. The third kappa shape index (κ3) is 4.01. The first-order valence-electron chi connectivity index (χ1n) is 6.96. The molecule has 1 aromatic carbocycles. The summed E-state index contributed by atoms with van der Waals surface area (Å²) in [7, 11) is 0. The number of carbonyl (C=O) groups is 2. The second kappa shape index (κ2) is 7.15. The average Bonchev–Trinajstić information content (AvgIpc) is 3.00. The molecule has 0 saturated carbocycles. The van der Waals surface area contributed by atoms with Crippen LogP contribution in [0.25, 0.3) is 0 Å². The second-order valence-corrected chi connectivity index (χ2v) is 6.05. The Morgan fingerprint density at radius 1 is 1.26 bits per heavy atom. The van der Waals surface area contributed by atoms with Crippen molar-refractivity contribution in [1.82, 2.24) is 0 Å². The minimum absolute atomic E-state index is 0.0664. The molecule has 0 atom stereocenters. The maximum absolute atomic E-state index is 12.0. The summed E-state index contributed by atoms with van der Waals surface area (Å²) < 4.78 is 4.99. The lowest BCUT2D eigenvalue weighted by atomic mass is 10.1. The van der Waals surface area contributed by atoms with Crippen molar-refractivity contribution in [3.8, 4) is 0 Å². The van der Waals surface area contributed by atoms with Crippen molar-refractivity contribution in [1.29, 1.82) is 0 Å². The lowest BCUT2D eigenvalue weighted by Crippen LogP contribution is -2.13. The van der Waals surface area contributed by atoms with E-state index in [9.17, 15) is 19.7 Å². The zero-order valence-electron chi connectivity index (χ0n) is 12.7. The SMILES string of the molecule is CCc1ccc(C(=O)COC(=O)c2ccc([N+](=O)[O-])c(C)c2)s1.